The van der Waals surface area contributed by atoms with Crippen molar-refractivity contribution in [1.82, 2.24) is 0 Å². The number of carbonyl (C=O) groups is 2. The molecule has 1 aromatic rings. The Morgan fingerprint density at radius 3 is 2.55 bits per heavy atom. The van der Waals surface area contributed by atoms with E-state index in [9.17, 15) is 24.8 Å². The van der Waals surface area contributed by atoms with Crippen LogP contribution in [0.3, 0.4) is 0 Å². The van der Waals surface area contributed by atoms with E-state index in [1.807, 2.05) is 19.1 Å². The van der Waals surface area contributed by atoms with Gasteiger partial charge in [-0.25, -0.2) is 0 Å². The molecule has 0 amide bonds. The Bertz CT molecular complexity index is 1610. The fourth-order valence-electron chi connectivity index (χ4n) is 8.37. The summed E-state index contributed by atoms with van der Waals surface area (Å²) in [5, 5.41) is 23.3. The number of hydrogen-bond acceptors (Lipinski definition) is 10. The molecule has 3 fully saturated rings. The fourth-order valence-corrected chi connectivity index (χ4v) is 8.37. The van der Waals surface area contributed by atoms with Crippen molar-refractivity contribution >= 4 is 17.4 Å². The summed E-state index contributed by atoms with van der Waals surface area (Å²) in [6, 6.07) is 6.51. The molecule has 10 atom stereocenters. The van der Waals surface area contributed by atoms with Gasteiger partial charge in [-0.1, -0.05) is 63.3 Å². The zero-order chi connectivity index (χ0) is 36.5. The third-order valence-electron chi connectivity index (χ3n) is 11.3. The molecule has 4 aliphatic heterocycles. The van der Waals surface area contributed by atoms with E-state index in [0.717, 1.165) is 24.0 Å². The number of rotatable bonds is 6. The Morgan fingerprint density at radius 1 is 1.06 bits per heavy atom. The maximum Gasteiger partial charge on any atom is 0.316 e. The summed E-state index contributed by atoms with van der Waals surface area (Å²) >= 11 is 0. The Balaban J connectivity index is 1.33. The number of esters is 1. The van der Waals surface area contributed by atoms with Gasteiger partial charge in [0.15, 0.2) is 17.7 Å². The minimum absolute atomic E-state index is 0.00513. The smallest absolute Gasteiger partial charge is 0.316 e. The first kappa shape index (κ1) is 37.3. The van der Waals surface area contributed by atoms with Crippen LogP contribution in [-0.2, 0) is 39.7 Å². The van der Waals surface area contributed by atoms with Gasteiger partial charge in [-0.05, 0) is 67.2 Å². The van der Waals surface area contributed by atoms with E-state index in [1.165, 1.54) is 18.2 Å². The largest absolute Gasteiger partial charge is 0.462 e. The van der Waals surface area contributed by atoms with Gasteiger partial charge in [0.1, 0.15) is 17.6 Å². The number of ketones is 1. The molecule has 0 aromatic heterocycles. The van der Waals surface area contributed by atoms with Crippen LogP contribution in [0.1, 0.15) is 78.7 Å². The van der Waals surface area contributed by atoms with Gasteiger partial charge in [0, 0.05) is 37.8 Å². The topological polar surface area (TPSA) is 144 Å². The number of non-ortho nitro benzene ring substituents is 1. The minimum atomic E-state index is -1.86. The molecule has 2 bridgehead atoms. The van der Waals surface area contributed by atoms with Gasteiger partial charge in [0.25, 0.3) is 5.69 Å². The highest BCUT2D eigenvalue weighted by atomic mass is 16.7. The third-order valence-corrected chi connectivity index (χ3v) is 11.3. The Kier molecular flexibility index (Phi) is 11.1. The van der Waals surface area contributed by atoms with Crippen LogP contribution in [-0.4, -0.2) is 76.9 Å². The molecule has 3 saturated heterocycles. The van der Waals surface area contributed by atoms with Crippen molar-refractivity contribution in [1.29, 1.82) is 0 Å². The molecule has 51 heavy (non-hydrogen) atoms. The normalized spacial score (nSPS) is 39.9. The maximum atomic E-state index is 14.2. The number of fused-ring (bicyclic) bond motifs is 2. The molecular formula is C40H51NO10. The number of nitro benzene ring substituents is 1. The van der Waals surface area contributed by atoms with Crippen LogP contribution in [0.5, 0.6) is 0 Å². The van der Waals surface area contributed by atoms with Crippen molar-refractivity contribution in [2.45, 2.75) is 121 Å². The van der Waals surface area contributed by atoms with Gasteiger partial charge in [-0.3, -0.25) is 19.7 Å². The Morgan fingerprint density at radius 2 is 1.82 bits per heavy atom. The molecule has 0 saturated carbocycles. The van der Waals surface area contributed by atoms with Gasteiger partial charge in [-0.2, -0.15) is 0 Å². The number of benzene rings is 1. The van der Waals surface area contributed by atoms with Crippen molar-refractivity contribution < 1.29 is 43.3 Å². The number of ether oxygens (including phenoxy) is 5. The van der Waals surface area contributed by atoms with E-state index < -0.39 is 40.4 Å². The molecule has 1 aromatic carbocycles. The predicted octanol–water partition coefficient (Wildman–Crippen LogP) is 6.28. The van der Waals surface area contributed by atoms with Crippen molar-refractivity contribution in [3.05, 3.63) is 87.0 Å². The highest BCUT2D eigenvalue weighted by Gasteiger charge is 2.60. The zero-order valence-electron chi connectivity index (χ0n) is 30.2. The average Bonchev–Trinajstić information content (AvgIpc) is 3.43. The summed E-state index contributed by atoms with van der Waals surface area (Å²) in [5.74, 6) is -2.68. The molecule has 1 aliphatic carbocycles. The second kappa shape index (κ2) is 15.2. The lowest BCUT2D eigenvalue weighted by molar-refractivity contribution is -0.384. The number of hydrogen-bond donors (Lipinski definition) is 1. The maximum absolute atomic E-state index is 14.2. The SMILES string of the molecule is CC[C@H]1O[C@]2(CC[C@@H]1C)C[C@@H]1C[C@@H](CC(OCCc3ccc([N+](=O)[O-])cc3)/C(C)=C\[C@@H](C)/C=C/C=C3\CO[C@@H]4C(=O)C(C)=C[C@@H](C(=O)O1)[C@]34O)O2. The van der Waals surface area contributed by atoms with E-state index >= 15 is 0 Å². The first-order valence-corrected chi connectivity index (χ1v) is 18.4. The van der Waals surface area contributed by atoms with Crippen LogP contribution in [0, 0.1) is 27.9 Å². The zero-order valence-corrected chi connectivity index (χ0v) is 30.2. The van der Waals surface area contributed by atoms with Crippen LogP contribution in [0.15, 0.2) is 71.4 Å². The van der Waals surface area contributed by atoms with Crippen LogP contribution in [0.4, 0.5) is 5.69 Å². The highest BCUT2D eigenvalue weighted by Crippen LogP contribution is 2.47. The number of nitro groups is 1. The molecule has 11 heteroatoms. The van der Waals surface area contributed by atoms with E-state index in [0.29, 0.717) is 55.8 Å². The van der Waals surface area contributed by atoms with Crippen LogP contribution < -0.4 is 0 Å². The summed E-state index contributed by atoms with van der Waals surface area (Å²) < 4.78 is 32.3. The predicted molar refractivity (Wildman–Crippen MR) is 189 cm³/mol. The van der Waals surface area contributed by atoms with Crippen LogP contribution >= 0.6 is 0 Å². The number of aliphatic hydroxyl groups is 1. The number of carbonyl (C=O) groups excluding carboxylic acids is 2. The monoisotopic (exact) mass is 705 g/mol. The minimum Gasteiger partial charge on any atom is -0.462 e. The van der Waals surface area contributed by atoms with Gasteiger partial charge >= 0.3 is 5.97 Å². The number of nitrogens with zero attached hydrogens (tertiary/aromatic N) is 1. The quantitative estimate of drug-likeness (QED) is 0.156. The van der Waals surface area contributed by atoms with Crippen molar-refractivity contribution in [3.8, 4) is 0 Å². The first-order chi connectivity index (χ1) is 24.3. The molecule has 11 nitrogen and oxygen atoms in total. The standard InChI is InChI=1S/C40H51NO10/c1-6-34-25(3)14-16-39(51-34)22-32-20-31(50-39)21-35(47-17-15-28-10-12-30(13-11-28)41(45)46)26(4)18-24(2)8-7-9-29-23-48-37-36(42)27(5)19-33(38(43)49-32)40(29,37)44/h7-13,18-19,24-25,31-35,37,44H,6,14-17,20-23H2,1-5H3/b8-7+,26-18-,29-9+/t24-,25-,31-,32-,33-,34+,35?,37+,39+,40+/m0/s1. The molecule has 1 spiro atoms. The fraction of sp³-hybridized carbons (Fsp3) is 0.600. The van der Waals surface area contributed by atoms with Gasteiger partial charge in [-0.15, -0.1) is 0 Å². The highest BCUT2D eigenvalue weighted by molar-refractivity contribution is 6.03. The third kappa shape index (κ3) is 7.83. The molecule has 5 aliphatic rings. The van der Waals surface area contributed by atoms with Gasteiger partial charge < -0.3 is 28.8 Å². The first-order valence-electron chi connectivity index (χ1n) is 18.4. The van der Waals surface area contributed by atoms with Crippen molar-refractivity contribution in [2.75, 3.05) is 13.2 Å². The lowest BCUT2D eigenvalue weighted by atomic mass is 9.71. The molecular weight excluding hydrogens is 654 g/mol. The second-order valence-electron chi connectivity index (χ2n) is 15.1. The molecule has 6 rings (SSSR count). The summed E-state index contributed by atoms with van der Waals surface area (Å²) in [7, 11) is 0. The summed E-state index contributed by atoms with van der Waals surface area (Å²) in [4.78, 5) is 38.0. The van der Waals surface area contributed by atoms with Crippen LogP contribution in [0.25, 0.3) is 0 Å². The Labute approximate surface area is 299 Å². The second-order valence-corrected chi connectivity index (χ2v) is 15.1. The summed E-state index contributed by atoms with van der Waals surface area (Å²) in [6.45, 7) is 10.4. The molecule has 1 unspecified atom stereocenters. The molecule has 276 valence electrons. The van der Waals surface area contributed by atoms with E-state index in [4.69, 9.17) is 23.7 Å². The lowest BCUT2D eigenvalue weighted by Gasteiger charge is -2.50. The van der Waals surface area contributed by atoms with Crippen LogP contribution in [0.2, 0.25) is 0 Å². The van der Waals surface area contributed by atoms with E-state index in [2.05, 4.69) is 26.8 Å². The van der Waals surface area contributed by atoms with Crippen molar-refractivity contribution in [3.63, 3.8) is 0 Å². The van der Waals surface area contributed by atoms with E-state index in [-0.39, 0.29) is 42.3 Å². The average molecular weight is 706 g/mol. The molecule has 0 radical (unpaired) electrons. The Hall–Kier alpha value is -3.48. The summed E-state index contributed by atoms with van der Waals surface area (Å²) in [5.41, 5.74) is 0.939. The van der Waals surface area contributed by atoms with Gasteiger partial charge in [0.2, 0.25) is 0 Å². The number of allylic oxidation sites excluding steroid dienone is 4. The van der Waals surface area contributed by atoms with Crippen molar-refractivity contribution in [2.24, 2.45) is 17.8 Å². The lowest BCUT2D eigenvalue weighted by Crippen LogP contribution is -2.57. The molecule has 1 N–H and O–H groups in total. The molecule has 4 heterocycles. The summed E-state index contributed by atoms with van der Waals surface area (Å²) in [6.07, 6.45) is 11.0. The van der Waals surface area contributed by atoms with Gasteiger partial charge in [0.05, 0.1) is 36.4 Å². The number of Topliss-reactive ketones (excluding diaryl/α,β-unsaturated/α-hetero) is 1. The van der Waals surface area contributed by atoms with E-state index in [1.54, 1.807) is 25.1 Å².